The minimum Gasteiger partial charge on any atom is -0.459 e. The normalized spacial score (nSPS) is 18.4. The van der Waals surface area contributed by atoms with Crippen molar-refractivity contribution in [1.29, 1.82) is 0 Å². The number of furan rings is 1. The summed E-state index contributed by atoms with van der Waals surface area (Å²) in [5, 5.41) is 14.4. The summed E-state index contributed by atoms with van der Waals surface area (Å²) in [5.74, 6) is 0.632. The number of aryl methyl sites for hydroxylation is 1. The Kier molecular flexibility index (Phi) is 5.38. The molecule has 3 heterocycles. The van der Waals surface area contributed by atoms with Crippen molar-refractivity contribution in [3.8, 4) is 0 Å². The van der Waals surface area contributed by atoms with Gasteiger partial charge >= 0.3 is 0 Å². The summed E-state index contributed by atoms with van der Waals surface area (Å²) in [4.78, 5) is 30.8. The average molecular weight is 434 g/mol. The number of nitrogens with zero attached hydrogens (tertiary/aromatic N) is 2. The predicted octanol–water partition coefficient (Wildman–Crippen LogP) is 4.38. The van der Waals surface area contributed by atoms with Gasteiger partial charge in [0.1, 0.15) is 17.2 Å². The summed E-state index contributed by atoms with van der Waals surface area (Å²) in [6, 6.07) is 9.30. The number of nitrogens with one attached hydrogen (secondary N) is 1. The molecule has 0 spiro atoms. The van der Waals surface area contributed by atoms with Gasteiger partial charge in [0.25, 0.3) is 0 Å². The summed E-state index contributed by atoms with van der Waals surface area (Å²) in [7, 11) is 1.73. The first kappa shape index (κ1) is 21.8. The molecule has 0 bridgehead atoms. The van der Waals surface area contributed by atoms with Gasteiger partial charge in [-0.2, -0.15) is 0 Å². The van der Waals surface area contributed by atoms with Gasteiger partial charge in [-0.05, 0) is 51.5 Å². The van der Waals surface area contributed by atoms with Crippen LogP contribution in [0.15, 0.2) is 47.0 Å². The van der Waals surface area contributed by atoms with E-state index in [4.69, 9.17) is 4.42 Å². The largest absolute Gasteiger partial charge is 0.459 e. The molecule has 3 aromatic rings. The molecule has 166 valence electrons. The molecule has 2 amide bonds. The second-order valence-electron chi connectivity index (χ2n) is 8.83. The molecule has 7 heteroatoms. The second-order valence-corrected chi connectivity index (χ2v) is 8.83. The van der Waals surface area contributed by atoms with E-state index in [-0.39, 0.29) is 17.9 Å². The highest BCUT2D eigenvalue weighted by Crippen LogP contribution is 2.41. The van der Waals surface area contributed by atoms with Gasteiger partial charge in [0.15, 0.2) is 0 Å². The fraction of sp³-hybridized carbons (Fsp3) is 0.320. The fourth-order valence-electron chi connectivity index (χ4n) is 3.93. The highest BCUT2D eigenvalue weighted by Gasteiger charge is 2.42. The molecule has 1 aliphatic rings. The number of fused-ring (bicyclic) bond motifs is 2. The van der Waals surface area contributed by atoms with Crippen LogP contribution in [0.3, 0.4) is 0 Å². The van der Waals surface area contributed by atoms with Crippen molar-refractivity contribution in [3.05, 3.63) is 65.1 Å². The molecule has 7 nitrogen and oxygen atoms in total. The first-order valence-electron chi connectivity index (χ1n) is 10.5. The number of hydrogen-bond donors (Lipinski definition) is 2. The van der Waals surface area contributed by atoms with Crippen molar-refractivity contribution in [2.75, 3.05) is 12.4 Å². The molecular weight excluding hydrogens is 406 g/mol. The third-order valence-corrected chi connectivity index (χ3v) is 6.34. The number of pyridine rings is 1. The predicted molar refractivity (Wildman–Crippen MR) is 123 cm³/mol. The van der Waals surface area contributed by atoms with E-state index in [0.29, 0.717) is 16.9 Å². The molecule has 0 saturated heterocycles. The quantitative estimate of drug-likeness (QED) is 0.595. The zero-order chi connectivity index (χ0) is 23.2. The molecule has 0 aliphatic carbocycles. The number of anilines is 1. The first-order chi connectivity index (χ1) is 15.1. The third-order valence-electron chi connectivity index (χ3n) is 6.34. The van der Waals surface area contributed by atoms with Gasteiger partial charge in [0, 0.05) is 35.8 Å². The minimum atomic E-state index is -0.985. The van der Waals surface area contributed by atoms with Crippen LogP contribution < -0.4 is 5.32 Å². The molecule has 1 aromatic carbocycles. The molecule has 2 atom stereocenters. The Morgan fingerprint density at radius 3 is 2.78 bits per heavy atom. The minimum absolute atomic E-state index is 0.191. The van der Waals surface area contributed by atoms with Crippen molar-refractivity contribution in [2.45, 2.75) is 39.8 Å². The van der Waals surface area contributed by atoms with Crippen LogP contribution in [0.5, 0.6) is 0 Å². The summed E-state index contributed by atoms with van der Waals surface area (Å²) >= 11 is 0. The lowest BCUT2D eigenvalue weighted by Crippen LogP contribution is -2.41. The molecule has 0 saturated carbocycles. The number of aromatic nitrogens is 1. The highest BCUT2D eigenvalue weighted by atomic mass is 16.3. The lowest BCUT2D eigenvalue weighted by molar-refractivity contribution is -0.131. The number of likely N-dealkylation sites (N-methyl/N-ethyl adjacent to an activating group) is 1. The van der Waals surface area contributed by atoms with Gasteiger partial charge in [-0.25, -0.2) is 4.98 Å². The third kappa shape index (κ3) is 3.58. The molecule has 32 heavy (non-hydrogen) atoms. The van der Waals surface area contributed by atoms with Crippen LogP contribution in [0.1, 0.15) is 55.4 Å². The number of carbonyl (C=O) groups is 2. The van der Waals surface area contributed by atoms with Crippen molar-refractivity contribution in [2.24, 2.45) is 5.41 Å². The molecule has 2 N–H and O–H groups in total. The number of amides is 2. The Labute approximate surface area is 186 Å². The summed E-state index contributed by atoms with van der Waals surface area (Å²) in [6.45, 7) is 7.28. The maximum Gasteiger partial charge on any atom is 0.246 e. The topological polar surface area (TPSA) is 95.7 Å². The summed E-state index contributed by atoms with van der Waals surface area (Å²) in [6.07, 6.45) is 3.69. The van der Waals surface area contributed by atoms with Crippen LogP contribution in [0.4, 0.5) is 5.82 Å². The van der Waals surface area contributed by atoms with E-state index < -0.39 is 11.5 Å². The van der Waals surface area contributed by atoms with Crippen LogP contribution in [-0.4, -0.2) is 33.9 Å². The van der Waals surface area contributed by atoms with Crippen LogP contribution in [0.25, 0.3) is 17.0 Å². The molecule has 0 radical (unpaired) electrons. The number of carbonyl (C=O) groups excluding carboxylic acids is 2. The van der Waals surface area contributed by atoms with Crippen molar-refractivity contribution in [1.82, 2.24) is 9.88 Å². The van der Waals surface area contributed by atoms with E-state index in [0.717, 1.165) is 22.3 Å². The van der Waals surface area contributed by atoms with Crippen LogP contribution >= 0.6 is 0 Å². The second kappa shape index (κ2) is 7.91. The molecule has 1 aliphatic heterocycles. The van der Waals surface area contributed by atoms with Crippen LogP contribution in [0.2, 0.25) is 0 Å². The standard InChI is InChI=1S/C25H27N3O4/c1-14-17-8-6-7-9-19(17)32-21(14)15(2)28(5)20(29)11-10-16-12-18-22(30)25(3,4)24(31)27-23(18)26-13-16/h6-13,15,22,30H,1-5H3,(H,26,27,31). The Morgan fingerprint density at radius 1 is 1.34 bits per heavy atom. The van der Waals surface area contributed by atoms with Crippen molar-refractivity contribution >= 4 is 34.7 Å². The van der Waals surface area contributed by atoms with E-state index in [1.54, 1.807) is 44.1 Å². The molecule has 4 rings (SSSR count). The van der Waals surface area contributed by atoms with Crippen molar-refractivity contribution < 1.29 is 19.1 Å². The number of hydrogen-bond acceptors (Lipinski definition) is 5. The number of rotatable bonds is 4. The smallest absolute Gasteiger partial charge is 0.246 e. The molecular formula is C25H27N3O4. The number of benzene rings is 1. The highest BCUT2D eigenvalue weighted by molar-refractivity contribution is 5.98. The monoisotopic (exact) mass is 433 g/mol. The maximum absolute atomic E-state index is 12.8. The fourth-order valence-corrected chi connectivity index (χ4v) is 3.93. The SMILES string of the molecule is Cc1c(C(C)N(C)C(=O)C=Cc2cnc3c(c2)C(O)C(C)(C)C(=O)N3)oc2ccccc12. The van der Waals surface area contributed by atoms with Gasteiger partial charge in [-0.15, -0.1) is 0 Å². The van der Waals surface area contributed by atoms with Crippen LogP contribution in [0, 0.1) is 12.3 Å². The molecule has 2 aromatic heterocycles. The van der Waals surface area contributed by atoms with Crippen LogP contribution in [-0.2, 0) is 9.59 Å². The van der Waals surface area contributed by atoms with E-state index >= 15 is 0 Å². The number of aliphatic hydroxyl groups is 1. The zero-order valence-electron chi connectivity index (χ0n) is 18.8. The van der Waals surface area contributed by atoms with E-state index in [9.17, 15) is 14.7 Å². The molecule has 0 fully saturated rings. The average Bonchev–Trinajstić information content (AvgIpc) is 3.12. The first-order valence-corrected chi connectivity index (χ1v) is 10.5. The Balaban J connectivity index is 1.53. The number of aliphatic hydroxyl groups excluding tert-OH is 1. The van der Waals surface area contributed by atoms with Gasteiger partial charge in [0.2, 0.25) is 11.8 Å². The lowest BCUT2D eigenvalue weighted by atomic mass is 9.79. The lowest BCUT2D eigenvalue weighted by Gasteiger charge is -2.34. The van der Waals surface area contributed by atoms with Gasteiger partial charge < -0.3 is 19.7 Å². The summed E-state index contributed by atoms with van der Waals surface area (Å²) < 4.78 is 6.01. The Morgan fingerprint density at radius 2 is 2.06 bits per heavy atom. The Bertz CT molecular complexity index is 1240. The van der Waals surface area contributed by atoms with Gasteiger partial charge in [-0.1, -0.05) is 18.2 Å². The van der Waals surface area contributed by atoms with Gasteiger partial charge in [0.05, 0.1) is 17.6 Å². The number of para-hydroxylation sites is 1. The van der Waals surface area contributed by atoms with E-state index in [2.05, 4.69) is 10.3 Å². The molecule has 2 unspecified atom stereocenters. The van der Waals surface area contributed by atoms with E-state index in [1.165, 1.54) is 6.08 Å². The van der Waals surface area contributed by atoms with Crippen molar-refractivity contribution in [3.63, 3.8) is 0 Å². The zero-order valence-corrected chi connectivity index (χ0v) is 18.8. The van der Waals surface area contributed by atoms with Gasteiger partial charge in [-0.3, -0.25) is 9.59 Å². The Hall–Kier alpha value is -3.45. The van der Waals surface area contributed by atoms with E-state index in [1.807, 2.05) is 38.1 Å². The maximum atomic E-state index is 12.8. The summed E-state index contributed by atoms with van der Waals surface area (Å²) in [5.41, 5.74) is 2.05.